The lowest BCUT2D eigenvalue weighted by atomic mass is 10.1. The standard InChI is InChI=1S/C17H14ClF7O2.C10H7N3S/c1-6-11(19)13(21)7(14(22)12(6)20)5-27-15(26)10-8(16(10,2)3)4-9(18)17(23,24)25;1-2-4-8-7(3-1)12-10(13-8)9-5-14-6-11-9/h4,8,10H,5H2,1-3H3;1-6H,(H,12,13)/b9-4-;. The number of hydrogen-bond donors (Lipinski definition) is 1. The lowest BCUT2D eigenvalue weighted by Crippen LogP contribution is -2.14. The summed E-state index contributed by atoms with van der Waals surface area (Å²) in [6, 6.07) is 7.97. The highest BCUT2D eigenvalue weighted by atomic mass is 35.5. The molecule has 0 spiro atoms. The van der Waals surface area contributed by atoms with Crippen LogP contribution < -0.4 is 0 Å². The second-order valence-electron chi connectivity index (χ2n) is 9.78. The number of carbonyl (C=O) groups is 1. The Kier molecular flexibility index (Phi) is 8.51. The van der Waals surface area contributed by atoms with Crippen LogP contribution in [-0.4, -0.2) is 27.1 Å². The lowest BCUT2D eigenvalue weighted by Gasteiger charge is -2.10. The van der Waals surface area contributed by atoms with Gasteiger partial charge in [-0.25, -0.2) is 27.5 Å². The number of hydrogen-bond acceptors (Lipinski definition) is 5. The Morgan fingerprint density at radius 1 is 1.12 bits per heavy atom. The van der Waals surface area contributed by atoms with Crippen molar-refractivity contribution in [1.29, 1.82) is 0 Å². The van der Waals surface area contributed by atoms with E-state index in [-0.39, 0.29) is 0 Å². The van der Waals surface area contributed by atoms with Crippen LogP contribution >= 0.6 is 22.9 Å². The number of halogens is 8. The maximum atomic E-state index is 13.8. The maximum Gasteiger partial charge on any atom is 0.426 e. The summed E-state index contributed by atoms with van der Waals surface area (Å²) in [5.74, 6) is -8.84. The number of nitrogens with one attached hydrogen (secondary N) is 1. The molecule has 1 aliphatic carbocycles. The average Bonchev–Trinajstić information content (AvgIpc) is 3.36. The summed E-state index contributed by atoms with van der Waals surface area (Å²) in [4.78, 5) is 24.0. The molecule has 1 fully saturated rings. The third-order valence-electron chi connectivity index (χ3n) is 6.76. The summed E-state index contributed by atoms with van der Waals surface area (Å²) in [5.41, 5.74) is 1.82. The zero-order valence-electron chi connectivity index (χ0n) is 21.5. The average molecular weight is 620 g/mol. The largest absolute Gasteiger partial charge is 0.460 e. The van der Waals surface area contributed by atoms with Crippen LogP contribution in [0.2, 0.25) is 0 Å². The van der Waals surface area contributed by atoms with Crippen molar-refractivity contribution >= 4 is 39.9 Å². The molecule has 1 saturated carbocycles. The highest BCUT2D eigenvalue weighted by Gasteiger charge is 2.62. The van der Waals surface area contributed by atoms with Gasteiger partial charge in [-0.3, -0.25) is 4.79 Å². The number of allylic oxidation sites excluding steroid dienone is 2. The van der Waals surface area contributed by atoms with Crippen LogP contribution in [0.5, 0.6) is 0 Å². The van der Waals surface area contributed by atoms with Crippen LogP contribution in [0.3, 0.4) is 0 Å². The number of nitrogens with zero attached hydrogens (tertiary/aromatic N) is 2. The second-order valence-corrected chi connectivity index (χ2v) is 10.9. The summed E-state index contributed by atoms with van der Waals surface area (Å²) in [5, 5.41) is 0.577. The van der Waals surface area contributed by atoms with Crippen molar-refractivity contribution in [3.05, 3.63) is 80.7 Å². The number of benzene rings is 2. The van der Waals surface area contributed by atoms with Crippen molar-refractivity contribution in [2.24, 2.45) is 17.3 Å². The number of alkyl halides is 3. The van der Waals surface area contributed by atoms with Crippen molar-refractivity contribution in [1.82, 2.24) is 15.0 Å². The van der Waals surface area contributed by atoms with Crippen molar-refractivity contribution in [3.8, 4) is 11.5 Å². The number of aromatic amines is 1. The summed E-state index contributed by atoms with van der Waals surface area (Å²) in [6.07, 6.45) is -4.11. The SMILES string of the molecule is Cc1c(F)c(F)c(COC(=O)C2C(/C=C(\Cl)C(F)(F)F)C2(C)C)c(F)c1F.c1ccc2[nH]c(-c3cscn3)nc2c1. The molecule has 0 bridgehead atoms. The summed E-state index contributed by atoms with van der Waals surface area (Å²) in [7, 11) is 0. The molecular weight excluding hydrogens is 599 g/mol. The molecule has 41 heavy (non-hydrogen) atoms. The lowest BCUT2D eigenvalue weighted by molar-refractivity contribution is -0.147. The number of aromatic nitrogens is 3. The molecule has 218 valence electrons. The fourth-order valence-corrected chi connectivity index (χ4v) is 4.91. The minimum atomic E-state index is -4.78. The topological polar surface area (TPSA) is 67.9 Å². The molecule has 2 aromatic carbocycles. The first kappa shape index (κ1) is 30.5. The maximum absolute atomic E-state index is 13.8. The molecule has 2 unspecified atom stereocenters. The Bertz CT molecular complexity index is 1560. The molecule has 1 aliphatic rings. The third kappa shape index (κ3) is 6.25. The van der Waals surface area contributed by atoms with Crippen LogP contribution in [0.4, 0.5) is 30.7 Å². The Labute approximate surface area is 238 Å². The molecule has 2 heterocycles. The monoisotopic (exact) mass is 619 g/mol. The molecule has 0 aliphatic heterocycles. The van der Waals surface area contributed by atoms with Gasteiger partial charge in [0.1, 0.15) is 17.3 Å². The van der Waals surface area contributed by atoms with Gasteiger partial charge in [0.05, 0.1) is 28.0 Å². The smallest absolute Gasteiger partial charge is 0.426 e. The van der Waals surface area contributed by atoms with Crippen LogP contribution in [0, 0.1) is 47.4 Å². The minimum Gasteiger partial charge on any atom is -0.460 e. The van der Waals surface area contributed by atoms with Gasteiger partial charge in [0.2, 0.25) is 0 Å². The minimum absolute atomic E-state index is 0.667. The van der Waals surface area contributed by atoms with Crippen LogP contribution in [0.1, 0.15) is 25.0 Å². The van der Waals surface area contributed by atoms with Gasteiger partial charge < -0.3 is 9.72 Å². The first-order chi connectivity index (χ1) is 19.1. The Morgan fingerprint density at radius 2 is 1.76 bits per heavy atom. The highest BCUT2D eigenvalue weighted by molar-refractivity contribution is 7.07. The number of rotatable bonds is 5. The quantitative estimate of drug-likeness (QED) is 0.139. The number of H-pyrrole nitrogens is 1. The molecule has 1 N–H and O–H groups in total. The third-order valence-corrected chi connectivity index (χ3v) is 7.68. The summed E-state index contributed by atoms with van der Waals surface area (Å²) in [6.45, 7) is 2.68. The van der Waals surface area contributed by atoms with E-state index in [1.807, 2.05) is 35.2 Å². The van der Waals surface area contributed by atoms with E-state index in [1.54, 1.807) is 11.3 Å². The highest BCUT2D eigenvalue weighted by Crippen LogP contribution is 2.60. The second kappa shape index (κ2) is 11.4. The van der Waals surface area contributed by atoms with Crippen LogP contribution in [0.15, 0.2) is 46.3 Å². The van der Waals surface area contributed by atoms with Gasteiger partial charge in [-0.2, -0.15) is 13.2 Å². The van der Waals surface area contributed by atoms with Crippen LogP contribution in [0.25, 0.3) is 22.6 Å². The van der Waals surface area contributed by atoms with E-state index in [4.69, 9.17) is 16.3 Å². The molecule has 0 amide bonds. The Morgan fingerprint density at radius 3 is 2.32 bits per heavy atom. The molecule has 5 rings (SSSR count). The Hall–Kier alpha value is -3.45. The predicted molar refractivity (Wildman–Crippen MR) is 139 cm³/mol. The first-order valence-electron chi connectivity index (χ1n) is 11.9. The van der Waals surface area contributed by atoms with E-state index in [0.717, 1.165) is 29.5 Å². The van der Waals surface area contributed by atoms with Gasteiger partial charge in [-0.05, 0) is 30.4 Å². The Balaban J connectivity index is 0.000000228. The summed E-state index contributed by atoms with van der Waals surface area (Å²) >= 11 is 6.73. The predicted octanol–water partition coefficient (Wildman–Crippen LogP) is 8.24. The van der Waals surface area contributed by atoms with E-state index < -0.39 is 75.4 Å². The van der Waals surface area contributed by atoms with Crippen molar-refractivity contribution < 1.29 is 40.3 Å². The van der Waals surface area contributed by atoms with E-state index in [9.17, 15) is 35.5 Å². The molecule has 14 heteroatoms. The van der Waals surface area contributed by atoms with Crippen molar-refractivity contribution in [2.45, 2.75) is 33.6 Å². The molecule has 4 aromatic rings. The zero-order valence-corrected chi connectivity index (χ0v) is 23.1. The summed E-state index contributed by atoms with van der Waals surface area (Å²) < 4.78 is 96.8. The molecule has 5 nitrogen and oxygen atoms in total. The normalized spacial score (nSPS) is 18.2. The fourth-order valence-electron chi connectivity index (χ4n) is 4.24. The van der Waals surface area contributed by atoms with Gasteiger partial charge in [-0.1, -0.05) is 43.7 Å². The van der Waals surface area contributed by atoms with Gasteiger partial charge in [0.25, 0.3) is 0 Å². The zero-order chi connectivity index (χ0) is 30.3. The molecular formula is C27H21ClF7N3O2S. The number of imidazole rings is 1. The molecule has 0 radical (unpaired) electrons. The number of thiazole rings is 1. The number of esters is 1. The molecule has 2 atom stereocenters. The van der Waals surface area contributed by atoms with Gasteiger partial charge in [0, 0.05) is 10.9 Å². The van der Waals surface area contributed by atoms with Crippen LogP contribution in [-0.2, 0) is 16.1 Å². The number of para-hydroxylation sites is 2. The molecule has 2 aromatic heterocycles. The number of ether oxygens (including phenoxy) is 1. The number of carbonyl (C=O) groups excluding carboxylic acids is 1. The van der Waals surface area contributed by atoms with Crippen molar-refractivity contribution in [2.75, 3.05) is 0 Å². The van der Waals surface area contributed by atoms with E-state index in [1.165, 1.54) is 13.8 Å². The number of fused-ring (bicyclic) bond motifs is 1. The van der Waals surface area contributed by atoms with Gasteiger partial charge in [-0.15, -0.1) is 11.3 Å². The van der Waals surface area contributed by atoms with Gasteiger partial charge in [0.15, 0.2) is 29.1 Å². The van der Waals surface area contributed by atoms with E-state index in [2.05, 4.69) is 15.0 Å². The first-order valence-corrected chi connectivity index (χ1v) is 13.2. The van der Waals surface area contributed by atoms with E-state index >= 15 is 0 Å². The fraction of sp³-hybridized carbons (Fsp3) is 0.296. The van der Waals surface area contributed by atoms with Crippen molar-refractivity contribution in [3.63, 3.8) is 0 Å². The van der Waals surface area contributed by atoms with Gasteiger partial charge >= 0.3 is 12.1 Å². The molecule has 0 saturated heterocycles. The van der Waals surface area contributed by atoms with E-state index in [0.29, 0.717) is 6.08 Å².